The normalized spacial score (nSPS) is 14.6. The van der Waals surface area contributed by atoms with Crippen molar-refractivity contribution in [1.29, 1.82) is 0 Å². The van der Waals surface area contributed by atoms with Gasteiger partial charge < -0.3 is 5.11 Å². The van der Waals surface area contributed by atoms with Crippen molar-refractivity contribution >= 4 is 0 Å². The Balaban J connectivity index is 1.79. The Morgan fingerprint density at radius 1 is 0.812 bits per heavy atom. The predicted molar refractivity (Wildman–Crippen MR) is 70.6 cm³/mol. The number of aliphatic hydroxyl groups excluding tert-OH is 1. The molecule has 0 aromatic heterocycles. The fraction of sp³-hybridized carbons (Fsp3) is 0.867. The maximum atomic E-state index is 8.64. The minimum absolute atomic E-state index is 0.369. The second kappa shape index (κ2) is 8.81. The summed E-state index contributed by atoms with van der Waals surface area (Å²) in [5, 5.41) is 8.64. The van der Waals surface area contributed by atoms with Gasteiger partial charge in [-0.25, -0.2) is 0 Å². The molecule has 0 aliphatic heterocycles. The van der Waals surface area contributed by atoms with E-state index in [-0.39, 0.29) is 0 Å². The molecule has 0 saturated carbocycles. The highest BCUT2D eigenvalue weighted by atomic mass is 16.2. The van der Waals surface area contributed by atoms with E-state index in [1.165, 1.54) is 64.2 Å². The van der Waals surface area contributed by atoms with Crippen LogP contribution in [0.4, 0.5) is 0 Å². The summed E-state index contributed by atoms with van der Waals surface area (Å²) >= 11 is 0. The molecule has 0 saturated heterocycles. The summed E-state index contributed by atoms with van der Waals surface area (Å²) in [6.07, 6.45) is 14.5. The highest BCUT2D eigenvalue weighted by Gasteiger charge is 2.18. The van der Waals surface area contributed by atoms with Crippen LogP contribution in [0.25, 0.3) is 0 Å². The minimum atomic E-state index is 0.369. The van der Waals surface area contributed by atoms with Gasteiger partial charge in [0.1, 0.15) is 0 Å². The van der Waals surface area contributed by atoms with E-state index in [9.17, 15) is 0 Å². The molecule has 0 radical (unpaired) electrons. The molecule has 1 aliphatic rings. The molecule has 1 N–H and O–H groups in total. The van der Waals surface area contributed by atoms with Crippen molar-refractivity contribution in [3.63, 3.8) is 0 Å². The highest BCUT2D eigenvalue weighted by molar-refractivity contribution is 5.34. The number of allylic oxidation sites excluding steroid dienone is 2. The molecule has 0 fully saturated rings. The Bertz CT molecular complexity index is 205. The standard InChI is InChI=1S/C15H28O/c1-2-10-14-13-15(14)11-8-6-4-3-5-7-9-12-16/h16H,2-13H2,1H3. The first-order valence-corrected chi connectivity index (χ1v) is 7.19. The van der Waals surface area contributed by atoms with Gasteiger partial charge in [-0.2, -0.15) is 0 Å². The minimum Gasteiger partial charge on any atom is -0.396 e. The van der Waals surface area contributed by atoms with E-state index in [4.69, 9.17) is 5.11 Å². The molecule has 0 bridgehead atoms. The topological polar surface area (TPSA) is 20.2 Å². The summed E-state index contributed by atoms with van der Waals surface area (Å²) in [4.78, 5) is 0. The lowest BCUT2D eigenvalue weighted by Gasteiger charge is -1.99. The Morgan fingerprint density at radius 3 is 2.00 bits per heavy atom. The van der Waals surface area contributed by atoms with Crippen LogP contribution in [0, 0.1) is 0 Å². The van der Waals surface area contributed by atoms with E-state index in [1.807, 2.05) is 0 Å². The fourth-order valence-corrected chi connectivity index (χ4v) is 2.38. The SMILES string of the molecule is CCCC1=C(CCCCCCCCCO)C1. The van der Waals surface area contributed by atoms with Gasteiger partial charge in [-0.3, -0.25) is 0 Å². The zero-order valence-corrected chi connectivity index (χ0v) is 10.9. The lowest BCUT2D eigenvalue weighted by molar-refractivity contribution is 0.282. The molecule has 1 aliphatic carbocycles. The molecule has 16 heavy (non-hydrogen) atoms. The number of hydrogen-bond donors (Lipinski definition) is 1. The van der Waals surface area contributed by atoms with Crippen molar-refractivity contribution < 1.29 is 5.11 Å². The Labute approximate surface area is 101 Å². The second-order valence-electron chi connectivity index (χ2n) is 5.08. The Hall–Kier alpha value is -0.300. The molecule has 0 aromatic carbocycles. The number of unbranched alkanes of at least 4 members (excludes halogenated alkanes) is 6. The smallest absolute Gasteiger partial charge is 0.0431 e. The Kier molecular flexibility index (Phi) is 7.58. The molecule has 0 heterocycles. The van der Waals surface area contributed by atoms with E-state index in [0.29, 0.717) is 6.61 Å². The molecular weight excluding hydrogens is 196 g/mol. The van der Waals surface area contributed by atoms with Gasteiger partial charge in [0.2, 0.25) is 0 Å². The van der Waals surface area contributed by atoms with Gasteiger partial charge in [-0.15, -0.1) is 0 Å². The van der Waals surface area contributed by atoms with Crippen LogP contribution in [0.1, 0.15) is 77.6 Å². The molecule has 1 rings (SSSR count). The molecule has 0 aromatic rings. The average Bonchev–Trinajstić information content (AvgIpc) is 3.01. The quantitative estimate of drug-likeness (QED) is 0.402. The summed E-state index contributed by atoms with van der Waals surface area (Å²) in [6.45, 7) is 2.64. The third-order valence-corrected chi connectivity index (χ3v) is 3.49. The number of hydrogen-bond acceptors (Lipinski definition) is 1. The maximum Gasteiger partial charge on any atom is 0.0431 e. The largest absolute Gasteiger partial charge is 0.396 e. The zero-order chi connectivity index (χ0) is 11.6. The van der Waals surface area contributed by atoms with Crippen molar-refractivity contribution in [2.24, 2.45) is 0 Å². The summed E-state index contributed by atoms with van der Waals surface area (Å²) in [6, 6.07) is 0. The molecule has 0 spiro atoms. The third kappa shape index (κ3) is 6.32. The second-order valence-corrected chi connectivity index (χ2v) is 5.08. The Morgan fingerprint density at radius 2 is 1.38 bits per heavy atom. The summed E-state index contributed by atoms with van der Waals surface area (Å²) < 4.78 is 0. The van der Waals surface area contributed by atoms with Crippen LogP contribution in [-0.2, 0) is 0 Å². The first-order chi connectivity index (χ1) is 7.88. The van der Waals surface area contributed by atoms with Gasteiger partial charge in [0.25, 0.3) is 0 Å². The van der Waals surface area contributed by atoms with E-state index in [1.54, 1.807) is 11.1 Å². The lowest BCUT2D eigenvalue weighted by atomic mass is 10.1. The van der Waals surface area contributed by atoms with Gasteiger partial charge >= 0.3 is 0 Å². The van der Waals surface area contributed by atoms with E-state index < -0.39 is 0 Å². The van der Waals surface area contributed by atoms with Gasteiger partial charge in [-0.05, 0) is 32.1 Å². The van der Waals surface area contributed by atoms with Crippen LogP contribution in [0.5, 0.6) is 0 Å². The molecule has 1 nitrogen and oxygen atoms in total. The number of aliphatic hydroxyl groups is 1. The van der Waals surface area contributed by atoms with Crippen LogP contribution >= 0.6 is 0 Å². The molecule has 0 unspecified atom stereocenters. The van der Waals surface area contributed by atoms with E-state index in [2.05, 4.69) is 6.92 Å². The zero-order valence-electron chi connectivity index (χ0n) is 10.9. The van der Waals surface area contributed by atoms with Crippen LogP contribution in [0.3, 0.4) is 0 Å². The summed E-state index contributed by atoms with van der Waals surface area (Å²) in [5.74, 6) is 0. The fourth-order valence-electron chi connectivity index (χ4n) is 2.38. The molecule has 0 amide bonds. The van der Waals surface area contributed by atoms with Gasteiger partial charge in [0.15, 0.2) is 0 Å². The van der Waals surface area contributed by atoms with E-state index >= 15 is 0 Å². The van der Waals surface area contributed by atoms with Crippen LogP contribution < -0.4 is 0 Å². The van der Waals surface area contributed by atoms with Gasteiger partial charge in [-0.1, -0.05) is 56.6 Å². The lowest BCUT2D eigenvalue weighted by Crippen LogP contribution is -1.84. The highest BCUT2D eigenvalue weighted by Crippen LogP contribution is 2.38. The van der Waals surface area contributed by atoms with Crippen LogP contribution in [-0.4, -0.2) is 11.7 Å². The van der Waals surface area contributed by atoms with Gasteiger partial charge in [0, 0.05) is 6.61 Å². The summed E-state index contributed by atoms with van der Waals surface area (Å²) in [5.41, 5.74) is 3.55. The molecule has 0 atom stereocenters. The van der Waals surface area contributed by atoms with E-state index in [0.717, 1.165) is 6.42 Å². The van der Waals surface area contributed by atoms with Crippen LogP contribution in [0.2, 0.25) is 0 Å². The predicted octanol–water partition coefficient (Wildman–Crippen LogP) is 4.60. The molecule has 1 heteroatoms. The van der Waals surface area contributed by atoms with Crippen molar-refractivity contribution in [3.8, 4) is 0 Å². The molecular formula is C15H28O. The van der Waals surface area contributed by atoms with Crippen LogP contribution in [0.15, 0.2) is 11.1 Å². The first kappa shape index (κ1) is 13.8. The third-order valence-electron chi connectivity index (χ3n) is 3.49. The number of rotatable bonds is 11. The molecule has 94 valence electrons. The van der Waals surface area contributed by atoms with Crippen molar-refractivity contribution in [3.05, 3.63) is 11.1 Å². The first-order valence-electron chi connectivity index (χ1n) is 7.19. The van der Waals surface area contributed by atoms with Crippen molar-refractivity contribution in [2.75, 3.05) is 6.61 Å². The monoisotopic (exact) mass is 224 g/mol. The average molecular weight is 224 g/mol. The maximum absolute atomic E-state index is 8.64. The van der Waals surface area contributed by atoms with Gasteiger partial charge in [0.05, 0.1) is 0 Å². The van der Waals surface area contributed by atoms with Crippen molar-refractivity contribution in [2.45, 2.75) is 77.6 Å². The summed E-state index contributed by atoms with van der Waals surface area (Å²) in [7, 11) is 0. The van der Waals surface area contributed by atoms with Crippen molar-refractivity contribution in [1.82, 2.24) is 0 Å².